The Morgan fingerprint density at radius 3 is 2.54 bits per heavy atom. The molecular weight excluding hydrogens is 510 g/mol. The van der Waals surface area contributed by atoms with Crippen LogP contribution in [0.1, 0.15) is 70.9 Å². The van der Waals surface area contributed by atoms with Crippen LogP contribution in [-0.4, -0.2) is 50.0 Å². The van der Waals surface area contributed by atoms with Crippen LogP contribution in [0, 0.1) is 6.92 Å². The second-order valence-corrected chi connectivity index (χ2v) is 10.4. The number of halogens is 1. The number of carbonyl (C=O) groups excluding carboxylic acids is 2. The number of anilines is 2. The van der Waals surface area contributed by atoms with Gasteiger partial charge in [-0.15, -0.1) is 0 Å². The van der Waals surface area contributed by atoms with E-state index in [1.165, 1.54) is 0 Å². The summed E-state index contributed by atoms with van der Waals surface area (Å²) in [6.07, 6.45) is 2.92. The smallest absolute Gasteiger partial charge is 0.262 e. The van der Waals surface area contributed by atoms with Crippen molar-refractivity contribution in [2.75, 3.05) is 43.5 Å². The fourth-order valence-corrected chi connectivity index (χ4v) is 5.56. The van der Waals surface area contributed by atoms with E-state index in [1.54, 1.807) is 31.4 Å². The number of benzene rings is 3. The Balaban J connectivity index is 1.60. The van der Waals surface area contributed by atoms with Crippen molar-refractivity contribution in [3.8, 4) is 5.75 Å². The summed E-state index contributed by atoms with van der Waals surface area (Å²) in [5.41, 5.74) is 4.55. The van der Waals surface area contributed by atoms with Gasteiger partial charge < -0.3 is 19.9 Å². The Morgan fingerprint density at radius 2 is 1.82 bits per heavy atom. The zero-order valence-electron chi connectivity index (χ0n) is 23.3. The van der Waals surface area contributed by atoms with Gasteiger partial charge in [0, 0.05) is 34.6 Å². The van der Waals surface area contributed by atoms with E-state index in [0.29, 0.717) is 40.0 Å². The van der Waals surface area contributed by atoms with Gasteiger partial charge in [-0.1, -0.05) is 43.6 Å². The summed E-state index contributed by atoms with van der Waals surface area (Å²) in [5.74, 6) is 0.415. The normalized spacial score (nSPS) is 15.0. The first-order valence-electron chi connectivity index (χ1n) is 13.7. The van der Waals surface area contributed by atoms with E-state index in [1.807, 2.05) is 48.2 Å². The summed E-state index contributed by atoms with van der Waals surface area (Å²) >= 11 is 6.45. The predicted octanol–water partition coefficient (Wildman–Crippen LogP) is 7.17. The van der Waals surface area contributed by atoms with Crippen molar-refractivity contribution in [3.63, 3.8) is 0 Å². The lowest BCUT2D eigenvalue weighted by molar-refractivity contribution is 0.0983. The SMILES string of the molecule is CCN(CC)CCC1CCCN(C(=O)c2ccc(NC(=O)c3ccccc3C)cc2OC)c2ccc(Cl)cc21. The fraction of sp³-hybridized carbons (Fsp3) is 0.375. The number of amides is 2. The van der Waals surface area contributed by atoms with E-state index in [-0.39, 0.29) is 11.8 Å². The average Bonchev–Trinajstić information content (AvgIpc) is 3.12. The first kappa shape index (κ1) is 28.7. The molecule has 0 aliphatic carbocycles. The Hall–Kier alpha value is -3.35. The van der Waals surface area contributed by atoms with Crippen molar-refractivity contribution in [3.05, 3.63) is 87.9 Å². The molecule has 1 heterocycles. The molecule has 1 aliphatic rings. The molecule has 1 atom stereocenters. The van der Waals surface area contributed by atoms with Crippen molar-refractivity contribution in [1.82, 2.24) is 4.90 Å². The highest BCUT2D eigenvalue weighted by molar-refractivity contribution is 6.30. The second-order valence-electron chi connectivity index (χ2n) is 10.00. The fourth-order valence-electron chi connectivity index (χ4n) is 5.38. The monoisotopic (exact) mass is 547 g/mol. The van der Waals surface area contributed by atoms with E-state index in [0.717, 1.165) is 55.7 Å². The number of nitrogens with zero attached hydrogens (tertiary/aromatic N) is 2. The lowest BCUT2D eigenvalue weighted by Gasteiger charge is -2.26. The zero-order chi connectivity index (χ0) is 27.9. The van der Waals surface area contributed by atoms with Crippen molar-refractivity contribution < 1.29 is 14.3 Å². The number of hydrogen-bond donors (Lipinski definition) is 1. The molecule has 0 saturated carbocycles. The Morgan fingerprint density at radius 1 is 1.05 bits per heavy atom. The first-order chi connectivity index (χ1) is 18.9. The highest BCUT2D eigenvalue weighted by Crippen LogP contribution is 2.39. The maximum Gasteiger partial charge on any atom is 0.262 e. The van der Waals surface area contributed by atoms with Crippen molar-refractivity contribution in [2.45, 2.75) is 46.0 Å². The summed E-state index contributed by atoms with van der Waals surface area (Å²) < 4.78 is 5.63. The minimum Gasteiger partial charge on any atom is -0.496 e. The summed E-state index contributed by atoms with van der Waals surface area (Å²) in [7, 11) is 1.54. The minimum absolute atomic E-state index is 0.128. The molecule has 0 fully saturated rings. The van der Waals surface area contributed by atoms with Crippen molar-refractivity contribution in [2.24, 2.45) is 0 Å². The number of ether oxygens (including phenoxy) is 1. The molecular formula is C32H38ClN3O3. The molecule has 6 nitrogen and oxygen atoms in total. The topological polar surface area (TPSA) is 61.9 Å². The molecule has 1 N–H and O–H groups in total. The number of fused-ring (bicyclic) bond motifs is 1. The van der Waals surface area contributed by atoms with Gasteiger partial charge >= 0.3 is 0 Å². The largest absolute Gasteiger partial charge is 0.496 e. The number of rotatable bonds is 9. The Labute approximate surface area is 236 Å². The van der Waals surface area contributed by atoms with Crippen LogP contribution in [0.25, 0.3) is 0 Å². The van der Waals surface area contributed by atoms with Crippen LogP contribution in [-0.2, 0) is 0 Å². The zero-order valence-corrected chi connectivity index (χ0v) is 24.1. The van der Waals surface area contributed by atoms with Crippen LogP contribution in [0.2, 0.25) is 5.02 Å². The number of methoxy groups -OCH3 is 1. The molecule has 2 amide bonds. The van der Waals surface area contributed by atoms with Crippen molar-refractivity contribution >= 4 is 34.8 Å². The third kappa shape index (κ3) is 6.63. The van der Waals surface area contributed by atoms with Crippen LogP contribution in [0.3, 0.4) is 0 Å². The summed E-state index contributed by atoms with van der Waals surface area (Å²) in [6, 6.07) is 18.5. The molecule has 39 heavy (non-hydrogen) atoms. The Kier molecular flexibility index (Phi) is 9.65. The predicted molar refractivity (Wildman–Crippen MR) is 160 cm³/mol. The molecule has 206 valence electrons. The number of carbonyl (C=O) groups is 2. The van der Waals surface area contributed by atoms with E-state index >= 15 is 0 Å². The number of nitrogens with one attached hydrogen (secondary N) is 1. The Bertz CT molecular complexity index is 1320. The molecule has 3 aromatic rings. The van der Waals surface area contributed by atoms with Crippen LogP contribution in [0.15, 0.2) is 60.7 Å². The molecule has 3 aromatic carbocycles. The van der Waals surface area contributed by atoms with Gasteiger partial charge in [-0.3, -0.25) is 9.59 Å². The van der Waals surface area contributed by atoms with Gasteiger partial charge in [-0.2, -0.15) is 0 Å². The van der Waals surface area contributed by atoms with Crippen LogP contribution < -0.4 is 15.0 Å². The maximum absolute atomic E-state index is 14.0. The molecule has 0 aromatic heterocycles. The molecule has 0 spiro atoms. The van der Waals surface area contributed by atoms with Gasteiger partial charge in [0.05, 0.1) is 12.7 Å². The lowest BCUT2D eigenvalue weighted by Crippen LogP contribution is -2.32. The van der Waals surface area contributed by atoms with Crippen LogP contribution in [0.4, 0.5) is 11.4 Å². The van der Waals surface area contributed by atoms with E-state index in [9.17, 15) is 9.59 Å². The minimum atomic E-state index is -0.205. The third-order valence-corrected chi connectivity index (χ3v) is 7.90. The highest BCUT2D eigenvalue weighted by Gasteiger charge is 2.29. The third-order valence-electron chi connectivity index (χ3n) is 7.67. The maximum atomic E-state index is 14.0. The van der Waals surface area contributed by atoms with Gasteiger partial charge in [0.15, 0.2) is 0 Å². The van der Waals surface area contributed by atoms with Crippen LogP contribution in [0.5, 0.6) is 5.75 Å². The molecule has 0 radical (unpaired) electrons. The van der Waals surface area contributed by atoms with Crippen molar-refractivity contribution in [1.29, 1.82) is 0 Å². The first-order valence-corrected chi connectivity index (χ1v) is 14.1. The van der Waals surface area contributed by atoms with Gasteiger partial charge in [0.2, 0.25) is 0 Å². The van der Waals surface area contributed by atoms with Gasteiger partial charge in [-0.05, 0) is 99.3 Å². The molecule has 4 rings (SSSR count). The molecule has 7 heteroatoms. The van der Waals surface area contributed by atoms with E-state index in [4.69, 9.17) is 16.3 Å². The van der Waals surface area contributed by atoms with E-state index < -0.39 is 0 Å². The summed E-state index contributed by atoms with van der Waals surface area (Å²) in [4.78, 5) is 31.1. The van der Waals surface area contributed by atoms with Crippen LogP contribution >= 0.6 is 11.6 Å². The quantitative estimate of drug-likeness (QED) is 0.308. The average molecular weight is 548 g/mol. The second kappa shape index (κ2) is 13.1. The highest BCUT2D eigenvalue weighted by atomic mass is 35.5. The number of aryl methyl sites for hydroxylation is 1. The standard InChI is InChI=1S/C32H38ClN3O3/c1-5-35(6-2)19-17-23-11-9-18-36(29-16-13-24(33)20-28(23)29)32(38)27-15-14-25(21-30(27)39-4)34-31(37)26-12-8-7-10-22(26)3/h7-8,10,12-16,20-21,23H,5-6,9,11,17-19H2,1-4H3,(H,34,37). The van der Waals surface area contributed by atoms with Gasteiger partial charge in [-0.25, -0.2) is 0 Å². The lowest BCUT2D eigenvalue weighted by atomic mass is 9.90. The molecule has 1 unspecified atom stereocenters. The van der Waals surface area contributed by atoms with Gasteiger partial charge in [0.25, 0.3) is 11.8 Å². The molecule has 0 bridgehead atoms. The molecule has 0 saturated heterocycles. The van der Waals surface area contributed by atoms with Gasteiger partial charge in [0.1, 0.15) is 5.75 Å². The van der Waals surface area contributed by atoms with E-state index in [2.05, 4.69) is 24.1 Å². The summed E-state index contributed by atoms with van der Waals surface area (Å²) in [5, 5.41) is 3.61. The number of hydrogen-bond acceptors (Lipinski definition) is 4. The summed E-state index contributed by atoms with van der Waals surface area (Å²) in [6.45, 7) is 9.96. The molecule has 1 aliphatic heterocycles.